The Morgan fingerprint density at radius 1 is 1.25 bits per heavy atom. The highest BCUT2D eigenvalue weighted by molar-refractivity contribution is 5.81. The quantitative estimate of drug-likeness (QED) is 0.521. The van der Waals surface area contributed by atoms with Crippen molar-refractivity contribution < 1.29 is 36.6 Å². The van der Waals surface area contributed by atoms with E-state index in [0.717, 1.165) is 12.0 Å². The maximum Gasteiger partial charge on any atom is 0.490 e. The smallest absolute Gasteiger partial charge is 0.475 e. The van der Waals surface area contributed by atoms with Crippen molar-refractivity contribution in [2.75, 3.05) is 0 Å². The van der Waals surface area contributed by atoms with Crippen molar-refractivity contribution in [3.05, 3.63) is 29.7 Å². The van der Waals surface area contributed by atoms with Gasteiger partial charge in [-0.1, -0.05) is 0 Å². The number of rotatable bonds is 5. The first-order valence-corrected chi connectivity index (χ1v) is 11.9. The SMILES string of the molecule is N[C@H](c1cn2ncc(CC3C[C@@H](C4CC4)NC3=O)cc2n1)C1CCC(F)(F)CC1.O=C(O)C(F)(F)F. The molecule has 0 radical (unpaired) electrons. The lowest BCUT2D eigenvalue weighted by Crippen LogP contribution is -2.31. The van der Waals surface area contributed by atoms with E-state index in [2.05, 4.69) is 15.4 Å². The first-order chi connectivity index (χ1) is 16.8. The lowest BCUT2D eigenvalue weighted by atomic mass is 9.81. The molecule has 3 aliphatic rings. The van der Waals surface area contributed by atoms with E-state index >= 15 is 0 Å². The monoisotopic (exact) mass is 517 g/mol. The second kappa shape index (κ2) is 9.91. The molecule has 1 saturated heterocycles. The maximum absolute atomic E-state index is 13.4. The number of hydrogen-bond donors (Lipinski definition) is 3. The minimum atomic E-state index is -5.08. The van der Waals surface area contributed by atoms with E-state index in [1.165, 1.54) is 12.8 Å². The van der Waals surface area contributed by atoms with Gasteiger partial charge in [0.25, 0.3) is 0 Å². The van der Waals surface area contributed by atoms with Gasteiger partial charge in [0, 0.05) is 24.8 Å². The number of fused-ring (bicyclic) bond motifs is 1. The second-order valence-corrected chi connectivity index (χ2v) is 9.94. The van der Waals surface area contributed by atoms with Crippen LogP contribution in [-0.4, -0.2) is 49.7 Å². The summed E-state index contributed by atoms with van der Waals surface area (Å²) in [5, 5.41) is 14.7. The highest BCUT2D eigenvalue weighted by Crippen LogP contribution is 2.40. The van der Waals surface area contributed by atoms with E-state index in [9.17, 15) is 26.7 Å². The van der Waals surface area contributed by atoms with Crippen molar-refractivity contribution in [3.63, 3.8) is 0 Å². The molecule has 5 rings (SSSR count). The van der Waals surface area contributed by atoms with Crippen molar-refractivity contribution in [2.24, 2.45) is 23.5 Å². The molecule has 4 N–H and O–H groups in total. The zero-order valence-corrected chi connectivity index (χ0v) is 19.3. The van der Waals surface area contributed by atoms with E-state index in [1.807, 2.05) is 6.07 Å². The number of carbonyl (C=O) groups is 2. The summed E-state index contributed by atoms with van der Waals surface area (Å²) in [7, 11) is 0. The Morgan fingerprint density at radius 3 is 2.47 bits per heavy atom. The van der Waals surface area contributed by atoms with Gasteiger partial charge in [0.05, 0.1) is 24.1 Å². The molecule has 8 nitrogen and oxygen atoms in total. The number of carboxylic acid groups (broad SMARTS) is 1. The van der Waals surface area contributed by atoms with Crippen LogP contribution in [0, 0.1) is 17.8 Å². The third kappa shape index (κ3) is 6.29. The molecule has 0 aromatic carbocycles. The molecule has 0 spiro atoms. The van der Waals surface area contributed by atoms with Crippen molar-refractivity contribution in [3.8, 4) is 0 Å². The Hall–Kier alpha value is -2.83. The fourth-order valence-electron chi connectivity index (χ4n) is 4.91. The molecule has 1 amide bonds. The number of halogens is 5. The predicted molar refractivity (Wildman–Crippen MR) is 117 cm³/mol. The van der Waals surface area contributed by atoms with Crippen LogP contribution in [-0.2, 0) is 16.0 Å². The van der Waals surface area contributed by atoms with Gasteiger partial charge < -0.3 is 16.2 Å². The Kier molecular flexibility index (Phi) is 7.22. The number of hydrogen-bond acceptors (Lipinski definition) is 5. The molecule has 3 atom stereocenters. The minimum Gasteiger partial charge on any atom is -0.475 e. The highest BCUT2D eigenvalue weighted by atomic mass is 19.4. The minimum absolute atomic E-state index is 0.00885. The number of carboxylic acids is 1. The zero-order chi connectivity index (χ0) is 26.3. The summed E-state index contributed by atoms with van der Waals surface area (Å²) in [5.74, 6) is -4.50. The van der Waals surface area contributed by atoms with E-state index in [0.29, 0.717) is 42.6 Å². The van der Waals surface area contributed by atoms with Crippen molar-refractivity contribution in [1.29, 1.82) is 0 Å². The zero-order valence-electron chi connectivity index (χ0n) is 19.3. The average Bonchev–Trinajstić information content (AvgIpc) is 3.46. The van der Waals surface area contributed by atoms with Gasteiger partial charge in [-0.3, -0.25) is 4.79 Å². The number of aromatic nitrogens is 3. The maximum atomic E-state index is 13.4. The topological polar surface area (TPSA) is 123 Å². The molecular formula is C23H28F5N5O3. The Labute approximate surface area is 203 Å². The summed E-state index contributed by atoms with van der Waals surface area (Å²) in [4.78, 5) is 25.8. The average molecular weight is 517 g/mol. The predicted octanol–water partition coefficient (Wildman–Crippen LogP) is 3.65. The molecule has 3 fully saturated rings. The van der Waals surface area contributed by atoms with Crippen molar-refractivity contribution >= 4 is 17.5 Å². The first-order valence-electron chi connectivity index (χ1n) is 11.9. The molecule has 2 saturated carbocycles. The number of nitrogens with zero attached hydrogens (tertiary/aromatic N) is 3. The highest BCUT2D eigenvalue weighted by Gasteiger charge is 2.41. The van der Waals surface area contributed by atoms with Crippen molar-refractivity contribution in [2.45, 2.75) is 75.5 Å². The number of amides is 1. The largest absolute Gasteiger partial charge is 0.490 e. The summed E-state index contributed by atoms with van der Waals surface area (Å²) >= 11 is 0. The molecule has 198 valence electrons. The van der Waals surface area contributed by atoms with Gasteiger partial charge in [-0.2, -0.15) is 18.3 Å². The van der Waals surface area contributed by atoms with Crippen LogP contribution in [0.5, 0.6) is 0 Å². The van der Waals surface area contributed by atoms with Crippen LogP contribution in [0.25, 0.3) is 5.65 Å². The molecule has 1 unspecified atom stereocenters. The molecule has 1 aliphatic heterocycles. The summed E-state index contributed by atoms with van der Waals surface area (Å²) in [6.07, 6.45) is 3.11. The van der Waals surface area contributed by atoms with Gasteiger partial charge in [-0.15, -0.1) is 0 Å². The van der Waals surface area contributed by atoms with Crippen LogP contribution in [0.4, 0.5) is 22.0 Å². The molecule has 2 aromatic rings. The number of imidazole rings is 1. The molecule has 2 aromatic heterocycles. The van der Waals surface area contributed by atoms with Crippen LogP contribution in [0.1, 0.15) is 62.2 Å². The molecular weight excluding hydrogens is 489 g/mol. The van der Waals surface area contributed by atoms with Gasteiger partial charge in [0.1, 0.15) is 0 Å². The van der Waals surface area contributed by atoms with Gasteiger partial charge in [0.15, 0.2) is 5.65 Å². The number of carbonyl (C=O) groups excluding carboxylic acids is 1. The Bertz CT molecular complexity index is 1110. The second-order valence-electron chi connectivity index (χ2n) is 9.94. The Balaban J connectivity index is 0.000000384. The van der Waals surface area contributed by atoms with Crippen LogP contribution in [0.2, 0.25) is 0 Å². The standard InChI is InChI=1S/C21H27F2N5O.C2HF3O2/c22-21(23)5-3-14(4-6-21)19(24)17-11-28-18(26-17)8-12(10-25-28)7-15-9-16(13-1-2-13)27-20(15)29;3-2(4,5)1(6)7/h8,10-11,13-16,19H,1-7,9,24H2,(H,27,29);(H,6,7)/t15?,16-,19-;/m0./s1. The molecule has 2 aliphatic carbocycles. The van der Waals surface area contributed by atoms with Gasteiger partial charge in [-0.25, -0.2) is 23.1 Å². The summed E-state index contributed by atoms with van der Waals surface area (Å²) in [6.45, 7) is 0. The lowest BCUT2D eigenvalue weighted by Gasteiger charge is -2.31. The van der Waals surface area contributed by atoms with Gasteiger partial charge in [-0.05, 0) is 62.0 Å². The van der Waals surface area contributed by atoms with E-state index in [-0.39, 0.29) is 36.6 Å². The fourth-order valence-corrected chi connectivity index (χ4v) is 4.91. The normalized spacial score (nSPS) is 25.2. The molecule has 0 bridgehead atoms. The van der Waals surface area contributed by atoms with Crippen LogP contribution >= 0.6 is 0 Å². The first kappa shape index (κ1) is 26.2. The summed E-state index contributed by atoms with van der Waals surface area (Å²) in [5.41, 5.74) is 8.72. The molecule has 36 heavy (non-hydrogen) atoms. The van der Waals surface area contributed by atoms with Gasteiger partial charge in [0.2, 0.25) is 11.8 Å². The summed E-state index contributed by atoms with van der Waals surface area (Å²) < 4.78 is 60.3. The number of alkyl halides is 5. The van der Waals surface area contributed by atoms with Gasteiger partial charge >= 0.3 is 12.1 Å². The fraction of sp³-hybridized carbons (Fsp3) is 0.652. The third-order valence-electron chi connectivity index (χ3n) is 7.16. The van der Waals surface area contributed by atoms with Crippen LogP contribution in [0.15, 0.2) is 18.5 Å². The summed E-state index contributed by atoms with van der Waals surface area (Å²) in [6, 6.07) is 1.93. The van der Waals surface area contributed by atoms with E-state index in [4.69, 9.17) is 15.6 Å². The molecule has 3 heterocycles. The Morgan fingerprint density at radius 2 is 1.89 bits per heavy atom. The van der Waals surface area contributed by atoms with E-state index in [1.54, 1.807) is 16.9 Å². The number of nitrogens with one attached hydrogen (secondary N) is 1. The van der Waals surface area contributed by atoms with E-state index < -0.39 is 18.1 Å². The van der Waals surface area contributed by atoms with Crippen molar-refractivity contribution in [1.82, 2.24) is 19.9 Å². The van der Waals surface area contributed by atoms with Crippen LogP contribution in [0.3, 0.4) is 0 Å². The third-order valence-corrected chi connectivity index (χ3v) is 7.16. The van der Waals surface area contributed by atoms with Crippen LogP contribution < -0.4 is 11.1 Å². The lowest BCUT2D eigenvalue weighted by molar-refractivity contribution is -0.192. The number of aliphatic carboxylic acids is 1. The number of nitrogens with two attached hydrogens (primary N) is 1. The molecule has 13 heteroatoms.